The van der Waals surface area contributed by atoms with Gasteiger partial charge in [-0.05, 0) is 18.6 Å². The molecule has 4 nitrogen and oxygen atoms in total. The number of fused-ring (bicyclic) bond motifs is 6. The summed E-state index contributed by atoms with van der Waals surface area (Å²) in [5.41, 5.74) is 0.512. The molecule has 2 aromatic rings. The van der Waals surface area contributed by atoms with Crippen LogP contribution in [0.1, 0.15) is 19.3 Å². The van der Waals surface area contributed by atoms with E-state index < -0.39 is 0 Å². The first kappa shape index (κ1) is 13.2. The van der Waals surface area contributed by atoms with Crippen molar-refractivity contribution in [1.29, 1.82) is 0 Å². The van der Waals surface area contributed by atoms with Gasteiger partial charge in [-0.1, -0.05) is 24.3 Å². The maximum Gasteiger partial charge on any atom is 0.429 e. The Labute approximate surface area is 132 Å². The predicted octanol–water partition coefficient (Wildman–Crippen LogP) is 1.88. The fraction of sp³-hybridized carbons (Fsp3) is 0.333. The van der Waals surface area contributed by atoms with Gasteiger partial charge in [0.25, 0.3) is 5.91 Å². The zero-order chi connectivity index (χ0) is 15.7. The van der Waals surface area contributed by atoms with Gasteiger partial charge in [-0.2, -0.15) is 4.90 Å². The molecule has 1 aliphatic carbocycles. The van der Waals surface area contributed by atoms with Crippen molar-refractivity contribution in [1.82, 2.24) is 0 Å². The number of carbonyl (C=O) groups excluding carboxylic acids is 2. The van der Waals surface area contributed by atoms with E-state index in [9.17, 15) is 14.0 Å². The lowest BCUT2D eigenvalue weighted by Crippen LogP contribution is -3.18. The number of benzene rings is 2. The molecule has 0 radical (unpaired) electrons. The Balaban J connectivity index is 1.67. The lowest BCUT2D eigenvalue weighted by Gasteiger charge is -2.20. The molecule has 3 amide bonds. The van der Waals surface area contributed by atoms with Crippen molar-refractivity contribution < 1.29 is 18.9 Å². The second-order valence-corrected chi connectivity index (χ2v) is 6.79. The predicted molar refractivity (Wildman–Crippen MR) is 82.7 cm³/mol. The molecule has 2 aromatic carbocycles. The molecular formula is C18H16FN2O2+. The Bertz CT molecular complexity index is 837. The van der Waals surface area contributed by atoms with E-state index in [2.05, 4.69) is 0 Å². The van der Waals surface area contributed by atoms with Crippen LogP contribution in [0.4, 0.5) is 14.9 Å². The van der Waals surface area contributed by atoms with Crippen molar-refractivity contribution in [2.75, 3.05) is 4.90 Å². The molecule has 5 rings (SSSR count). The first-order valence-corrected chi connectivity index (χ1v) is 8.09. The van der Waals surface area contributed by atoms with Crippen molar-refractivity contribution in [3.05, 3.63) is 42.2 Å². The SMILES string of the molecule is O=C1[C@H]2C3CCC(C3)[NH+]2C(=O)N1c1ccc(F)c2ccccc12. The normalized spacial score (nSPS) is 32.1. The number of anilines is 1. The third-order valence-corrected chi connectivity index (χ3v) is 5.74. The van der Waals surface area contributed by atoms with Crippen LogP contribution in [-0.4, -0.2) is 24.0 Å². The molecule has 2 heterocycles. The third-order valence-electron chi connectivity index (χ3n) is 5.74. The van der Waals surface area contributed by atoms with E-state index in [4.69, 9.17) is 0 Å². The molecule has 4 atom stereocenters. The molecule has 23 heavy (non-hydrogen) atoms. The standard InChI is InChI=1S/C18H15FN2O2/c19-14-7-8-15(13-4-2-1-3-12(13)14)21-17(22)16-10-5-6-11(9-10)20(16)18(21)23/h1-4,7-8,10-11,16H,5-6,9H2/p+1/t10?,11?,16-/m1/s1. The maximum atomic E-state index is 14.0. The summed E-state index contributed by atoms with van der Waals surface area (Å²) in [6, 6.07) is 9.77. The Hall–Kier alpha value is -2.27. The molecule has 2 bridgehead atoms. The van der Waals surface area contributed by atoms with Crippen molar-refractivity contribution >= 4 is 28.4 Å². The van der Waals surface area contributed by atoms with Gasteiger partial charge in [0.2, 0.25) is 0 Å². The fourth-order valence-corrected chi connectivity index (χ4v) is 4.79. The van der Waals surface area contributed by atoms with E-state index in [1.807, 2.05) is 0 Å². The maximum absolute atomic E-state index is 14.0. The van der Waals surface area contributed by atoms with Gasteiger partial charge in [0.05, 0.1) is 11.7 Å². The molecule has 3 fully saturated rings. The fourth-order valence-electron chi connectivity index (χ4n) is 4.79. The van der Waals surface area contributed by atoms with Crippen LogP contribution in [0.25, 0.3) is 10.8 Å². The number of piperidine rings is 1. The van der Waals surface area contributed by atoms with E-state index in [1.165, 1.54) is 11.0 Å². The Morgan fingerprint density at radius 1 is 1.04 bits per heavy atom. The molecule has 0 aromatic heterocycles. The highest BCUT2D eigenvalue weighted by Gasteiger charge is 2.64. The summed E-state index contributed by atoms with van der Waals surface area (Å²) in [6.07, 6.45) is 3.04. The van der Waals surface area contributed by atoms with Crippen LogP contribution < -0.4 is 9.80 Å². The first-order chi connectivity index (χ1) is 11.2. The smallest absolute Gasteiger partial charge is 0.267 e. The summed E-state index contributed by atoms with van der Waals surface area (Å²) in [4.78, 5) is 27.9. The minimum Gasteiger partial charge on any atom is -0.267 e. The molecule has 5 heteroatoms. The van der Waals surface area contributed by atoms with E-state index in [-0.39, 0.29) is 29.8 Å². The monoisotopic (exact) mass is 311 g/mol. The van der Waals surface area contributed by atoms with Crippen molar-refractivity contribution in [2.45, 2.75) is 31.3 Å². The summed E-state index contributed by atoms with van der Waals surface area (Å²) in [5, 5.41) is 1.05. The summed E-state index contributed by atoms with van der Waals surface area (Å²) in [5.74, 6) is -0.131. The summed E-state index contributed by atoms with van der Waals surface area (Å²) < 4.78 is 14.0. The van der Waals surface area contributed by atoms with Gasteiger partial charge < -0.3 is 0 Å². The van der Waals surface area contributed by atoms with Gasteiger partial charge >= 0.3 is 6.03 Å². The first-order valence-electron chi connectivity index (χ1n) is 8.09. The lowest BCUT2D eigenvalue weighted by molar-refractivity contribution is -0.844. The van der Waals surface area contributed by atoms with E-state index in [0.29, 0.717) is 22.4 Å². The van der Waals surface area contributed by atoms with Crippen molar-refractivity contribution in [2.24, 2.45) is 5.92 Å². The third kappa shape index (κ3) is 1.58. The molecule has 3 aliphatic rings. The highest BCUT2D eigenvalue weighted by molar-refractivity contribution is 6.20. The number of urea groups is 1. The highest BCUT2D eigenvalue weighted by Crippen LogP contribution is 2.37. The Kier molecular flexibility index (Phi) is 2.52. The molecule has 1 N–H and O–H groups in total. The van der Waals surface area contributed by atoms with E-state index in [1.54, 1.807) is 30.3 Å². The molecule has 2 saturated heterocycles. The number of carbonyl (C=O) groups is 2. The lowest BCUT2D eigenvalue weighted by atomic mass is 9.99. The largest absolute Gasteiger partial charge is 0.429 e. The van der Waals surface area contributed by atoms with Crippen LogP contribution in [0.2, 0.25) is 0 Å². The van der Waals surface area contributed by atoms with E-state index >= 15 is 0 Å². The summed E-state index contributed by atoms with van der Waals surface area (Å²) in [6.45, 7) is 0. The van der Waals surface area contributed by atoms with Crippen LogP contribution in [-0.2, 0) is 4.79 Å². The van der Waals surface area contributed by atoms with Crippen molar-refractivity contribution in [3.8, 4) is 0 Å². The Morgan fingerprint density at radius 3 is 2.61 bits per heavy atom. The number of halogens is 1. The molecule has 0 spiro atoms. The number of amides is 3. The van der Waals surface area contributed by atoms with Crippen LogP contribution in [0.5, 0.6) is 0 Å². The molecule has 2 aliphatic heterocycles. The van der Waals surface area contributed by atoms with Crippen LogP contribution in [0.3, 0.4) is 0 Å². The highest BCUT2D eigenvalue weighted by atomic mass is 19.1. The quantitative estimate of drug-likeness (QED) is 0.817. The second kappa shape index (κ2) is 4.38. The topological polar surface area (TPSA) is 41.8 Å². The van der Waals surface area contributed by atoms with Gasteiger partial charge in [-0.3, -0.25) is 4.79 Å². The minimum atomic E-state index is -0.337. The van der Waals surface area contributed by atoms with Crippen LogP contribution in [0.15, 0.2) is 36.4 Å². The number of nitrogens with zero attached hydrogens (tertiary/aromatic N) is 1. The summed E-state index contributed by atoms with van der Waals surface area (Å²) in [7, 11) is 0. The van der Waals surface area contributed by atoms with Gasteiger partial charge in [0.15, 0.2) is 6.04 Å². The number of hydrogen-bond donors (Lipinski definition) is 1. The number of rotatable bonds is 1. The molecule has 1 saturated carbocycles. The van der Waals surface area contributed by atoms with Crippen LogP contribution in [0, 0.1) is 11.7 Å². The number of hydrogen-bond acceptors (Lipinski definition) is 2. The van der Waals surface area contributed by atoms with Crippen LogP contribution >= 0.6 is 0 Å². The number of nitrogens with one attached hydrogen (secondary N) is 1. The molecule has 116 valence electrons. The summed E-state index contributed by atoms with van der Waals surface area (Å²) >= 11 is 0. The van der Waals surface area contributed by atoms with Gasteiger partial charge in [-0.15, -0.1) is 0 Å². The Morgan fingerprint density at radius 2 is 1.83 bits per heavy atom. The second-order valence-electron chi connectivity index (χ2n) is 6.79. The molecule has 3 unspecified atom stereocenters. The van der Waals surface area contributed by atoms with Gasteiger partial charge in [0, 0.05) is 29.5 Å². The van der Waals surface area contributed by atoms with Crippen molar-refractivity contribution in [3.63, 3.8) is 0 Å². The number of imide groups is 1. The average Bonchev–Trinajstić information content (AvgIpc) is 3.24. The molecular weight excluding hydrogens is 295 g/mol. The van der Waals surface area contributed by atoms with E-state index in [0.717, 1.165) is 24.2 Å². The average molecular weight is 311 g/mol. The van der Waals surface area contributed by atoms with Gasteiger partial charge in [0.1, 0.15) is 5.82 Å². The zero-order valence-corrected chi connectivity index (χ0v) is 12.5. The van der Waals surface area contributed by atoms with Gasteiger partial charge in [-0.25, -0.2) is 14.1 Å². The zero-order valence-electron chi connectivity index (χ0n) is 12.5. The number of quaternary nitrogens is 1. The minimum absolute atomic E-state index is 0.117.